The number of ether oxygens (including phenoxy) is 1. The molecule has 2 aromatic rings. The summed E-state index contributed by atoms with van der Waals surface area (Å²) in [6, 6.07) is 2.62. The zero-order valence-electron chi connectivity index (χ0n) is 12.3. The lowest BCUT2D eigenvalue weighted by Crippen LogP contribution is -2.15. The molecule has 114 valence electrons. The third kappa shape index (κ3) is 3.01. The zero-order chi connectivity index (χ0) is 15.0. The molecule has 1 aromatic heterocycles. The van der Waals surface area contributed by atoms with E-state index in [1.54, 1.807) is 7.11 Å². The van der Waals surface area contributed by atoms with Crippen LogP contribution in [0.4, 0.5) is 0 Å². The number of aryl methyl sites for hydroxylation is 1. The molecule has 1 aromatic carbocycles. The average Bonchev–Trinajstić information content (AvgIpc) is 3.23. The minimum atomic E-state index is 0.675. The summed E-state index contributed by atoms with van der Waals surface area (Å²) in [5.74, 6) is 1.88. The molecule has 0 saturated heterocycles. The van der Waals surface area contributed by atoms with E-state index in [0.29, 0.717) is 6.04 Å². The molecule has 1 heterocycles. The number of hydrogen-bond acceptors (Lipinski definition) is 3. The normalized spacial score (nSPS) is 14.9. The predicted molar refractivity (Wildman–Crippen MR) is 92.0 cm³/mol. The van der Waals surface area contributed by atoms with Gasteiger partial charge in [0.1, 0.15) is 17.1 Å². The number of rotatable bonds is 6. The molecule has 1 N–H and O–H groups in total. The number of hydrogen-bond donors (Lipinski definition) is 1. The Morgan fingerprint density at radius 3 is 2.76 bits per heavy atom. The van der Waals surface area contributed by atoms with Crippen LogP contribution in [-0.2, 0) is 13.0 Å². The van der Waals surface area contributed by atoms with E-state index in [0.717, 1.165) is 50.8 Å². The summed E-state index contributed by atoms with van der Waals surface area (Å²) in [5.41, 5.74) is 2.19. The van der Waals surface area contributed by atoms with Crippen LogP contribution >= 0.6 is 31.9 Å². The minimum Gasteiger partial charge on any atom is -0.496 e. The maximum atomic E-state index is 6.15. The van der Waals surface area contributed by atoms with E-state index in [4.69, 9.17) is 9.15 Å². The highest BCUT2D eigenvalue weighted by Crippen LogP contribution is 2.42. The van der Waals surface area contributed by atoms with Gasteiger partial charge in [-0.1, -0.05) is 13.3 Å². The fourth-order valence-corrected chi connectivity index (χ4v) is 3.79. The van der Waals surface area contributed by atoms with Gasteiger partial charge in [0.05, 0.1) is 22.6 Å². The van der Waals surface area contributed by atoms with Crippen molar-refractivity contribution < 1.29 is 9.15 Å². The summed E-state index contributed by atoms with van der Waals surface area (Å²) in [7, 11) is 1.69. The van der Waals surface area contributed by atoms with Crippen LogP contribution in [0.3, 0.4) is 0 Å². The molecule has 3 nitrogen and oxygen atoms in total. The van der Waals surface area contributed by atoms with Crippen molar-refractivity contribution in [1.82, 2.24) is 5.32 Å². The number of benzene rings is 1. The molecule has 0 amide bonds. The van der Waals surface area contributed by atoms with Gasteiger partial charge < -0.3 is 14.5 Å². The monoisotopic (exact) mass is 415 g/mol. The molecule has 1 aliphatic carbocycles. The van der Waals surface area contributed by atoms with Crippen molar-refractivity contribution >= 4 is 42.8 Å². The lowest BCUT2D eigenvalue weighted by Gasteiger charge is -2.07. The van der Waals surface area contributed by atoms with E-state index >= 15 is 0 Å². The Balaban J connectivity index is 2.11. The van der Waals surface area contributed by atoms with Crippen LogP contribution in [0.1, 0.15) is 37.5 Å². The van der Waals surface area contributed by atoms with E-state index in [9.17, 15) is 0 Å². The molecular formula is C16H19Br2NO2. The number of nitrogens with one attached hydrogen (secondary N) is 1. The van der Waals surface area contributed by atoms with E-state index in [1.807, 2.05) is 6.07 Å². The molecular weight excluding hydrogens is 398 g/mol. The minimum absolute atomic E-state index is 0.675. The summed E-state index contributed by atoms with van der Waals surface area (Å²) in [4.78, 5) is 0. The van der Waals surface area contributed by atoms with Gasteiger partial charge in [-0.25, -0.2) is 0 Å². The molecule has 0 radical (unpaired) electrons. The number of furan rings is 1. The molecule has 3 rings (SSSR count). The van der Waals surface area contributed by atoms with Crippen molar-refractivity contribution in [3.8, 4) is 5.75 Å². The quantitative estimate of drug-likeness (QED) is 0.705. The van der Waals surface area contributed by atoms with Gasteiger partial charge in [0.15, 0.2) is 0 Å². The van der Waals surface area contributed by atoms with Crippen LogP contribution in [0.25, 0.3) is 11.0 Å². The molecule has 0 aliphatic heterocycles. The first-order valence-electron chi connectivity index (χ1n) is 7.35. The van der Waals surface area contributed by atoms with Gasteiger partial charge in [0, 0.05) is 17.0 Å². The Morgan fingerprint density at radius 2 is 2.14 bits per heavy atom. The van der Waals surface area contributed by atoms with Crippen molar-refractivity contribution in [1.29, 1.82) is 0 Å². The largest absolute Gasteiger partial charge is 0.496 e. The van der Waals surface area contributed by atoms with Crippen molar-refractivity contribution in [2.75, 3.05) is 7.11 Å². The summed E-state index contributed by atoms with van der Waals surface area (Å²) < 4.78 is 13.5. The highest BCUT2D eigenvalue weighted by Gasteiger charge is 2.24. The lowest BCUT2D eigenvalue weighted by molar-refractivity contribution is 0.412. The Hall–Kier alpha value is -0.520. The van der Waals surface area contributed by atoms with Gasteiger partial charge in [-0.15, -0.1) is 0 Å². The topological polar surface area (TPSA) is 34.4 Å². The molecule has 0 bridgehead atoms. The summed E-state index contributed by atoms with van der Waals surface area (Å²) in [6.45, 7) is 3.00. The number of halogens is 2. The van der Waals surface area contributed by atoms with Crippen LogP contribution < -0.4 is 10.1 Å². The van der Waals surface area contributed by atoms with Crippen LogP contribution in [0, 0.1) is 0 Å². The Bertz CT molecular complexity index is 662. The second kappa shape index (κ2) is 6.31. The highest BCUT2D eigenvalue weighted by molar-refractivity contribution is 9.11. The Kier molecular flexibility index (Phi) is 4.62. The highest BCUT2D eigenvalue weighted by atomic mass is 79.9. The molecule has 1 aliphatic rings. The number of fused-ring (bicyclic) bond motifs is 1. The summed E-state index contributed by atoms with van der Waals surface area (Å²) in [5, 5.41) is 4.68. The Labute approximate surface area is 141 Å². The third-order valence-corrected chi connectivity index (χ3v) is 5.23. The fraction of sp³-hybridized carbons (Fsp3) is 0.500. The van der Waals surface area contributed by atoms with Crippen molar-refractivity contribution in [3.63, 3.8) is 0 Å². The smallest absolute Gasteiger partial charge is 0.150 e. The van der Waals surface area contributed by atoms with Crippen molar-refractivity contribution in [2.24, 2.45) is 0 Å². The molecule has 21 heavy (non-hydrogen) atoms. The van der Waals surface area contributed by atoms with Crippen molar-refractivity contribution in [2.45, 2.75) is 45.2 Å². The molecule has 1 saturated carbocycles. The molecule has 0 atom stereocenters. The van der Waals surface area contributed by atoms with Crippen LogP contribution in [0.5, 0.6) is 5.75 Å². The first-order chi connectivity index (χ1) is 10.2. The summed E-state index contributed by atoms with van der Waals surface area (Å²) in [6.07, 6.45) is 4.66. The van der Waals surface area contributed by atoms with E-state index in [1.165, 1.54) is 18.4 Å². The number of methoxy groups -OCH3 is 1. The maximum Gasteiger partial charge on any atom is 0.150 e. The molecule has 5 heteroatoms. The average molecular weight is 417 g/mol. The first kappa shape index (κ1) is 15.4. The SMILES string of the molecule is CCCc1c(CNC2CC2)oc2c(Br)cc(OC)c(Br)c12. The van der Waals surface area contributed by atoms with Gasteiger partial charge in [-0.2, -0.15) is 0 Å². The van der Waals surface area contributed by atoms with Crippen molar-refractivity contribution in [3.05, 3.63) is 26.3 Å². The first-order valence-corrected chi connectivity index (χ1v) is 8.93. The fourth-order valence-electron chi connectivity index (χ4n) is 2.61. The van der Waals surface area contributed by atoms with E-state index in [2.05, 4.69) is 44.1 Å². The zero-order valence-corrected chi connectivity index (χ0v) is 15.4. The van der Waals surface area contributed by atoms with Crippen LogP contribution in [0.2, 0.25) is 0 Å². The second-order valence-corrected chi connectivity index (χ2v) is 7.14. The van der Waals surface area contributed by atoms with Gasteiger partial charge in [-0.05, 0) is 57.2 Å². The standard InChI is InChI=1S/C16H19Br2NO2/c1-3-4-10-13(8-19-9-5-6-9)21-16-11(17)7-12(20-2)15(18)14(10)16/h7,9,19H,3-6,8H2,1-2H3. The summed E-state index contributed by atoms with van der Waals surface area (Å²) >= 11 is 7.28. The molecule has 0 unspecified atom stereocenters. The van der Waals surface area contributed by atoms with Crippen LogP contribution in [-0.4, -0.2) is 13.2 Å². The second-order valence-electron chi connectivity index (χ2n) is 5.49. The predicted octanol–water partition coefficient (Wildman–Crippen LogP) is 5.17. The van der Waals surface area contributed by atoms with E-state index in [-0.39, 0.29) is 0 Å². The lowest BCUT2D eigenvalue weighted by atomic mass is 10.1. The van der Waals surface area contributed by atoms with Gasteiger partial charge >= 0.3 is 0 Å². The third-order valence-electron chi connectivity index (χ3n) is 3.85. The van der Waals surface area contributed by atoms with Gasteiger partial charge in [-0.3, -0.25) is 0 Å². The van der Waals surface area contributed by atoms with Crippen LogP contribution in [0.15, 0.2) is 19.4 Å². The van der Waals surface area contributed by atoms with E-state index < -0.39 is 0 Å². The van der Waals surface area contributed by atoms with Gasteiger partial charge in [0.2, 0.25) is 0 Å². The van der Waals surface area contributed by atoms with Gasteiger partial charge in [0.25, 0.3) is 0 Å². The maximum absolute atomic E-state index is 6.15. The molecule has 0 spiro atoms. The molecule has 1 fully saturated rings. The Morgan fingerprint density at radius 1 is 1.38 bits per heavy atom.